The molecule has 1 fully saturated rings. The molecule has 24 heavy (non-hydrogen) atoms. The molecule has 0 radical (unpaired) electrons. The molecule has 1 saturated heterocycles. The second-order valence-corrected chi connectivity index (χ2v) is 5.75. The number of hydrogen-bond donors (Lipinski definition) is 1. The zero-order valence-corrected chi connectivity index (χ0v) is 13.6. The zero-order valence-electron chi connectivity index (χ0n) is 13.6. The Hall–Kier alpha value is -2.25. The van der Waals surface area contributed by atoms with E-state index >= 15 is 0 Å². The number of aliphatic hydroxyl groups is 1. The number of rotatable bonds is 5. The number of anilines is 1. The van der Waals surface area contributed by atoms with Gasteiger partial charge in [0.2, 0.25) is 11.8 Å². The maximum atomic E-state index is 12.9. The van der Waals surface area contributed by atoms with Gasteiger partial charge in [0.15, 0.2) is 0 Å². The van der Waals surface area contributed by atoms with Gasteiger partial charge in [-0.2, -0.15) is 4.98 Å². The van der Waals surface area contributed by atoms with E-state index in [9.17, 15) is 9.50 Å². The van der Waals surface area contributed by atoms with Crippen LogP contribution in [0, 0.1) is 5.82 Å². The van der Waals surface area contributed by atoms with Crippen molar-refractivity contribution in [1.82, 2.24) is 14.9 Å². The van der Waals surface area contributed by atoms with E-state index < -0.39 is 6.10 Å². The molecule has 1 aliphatic rings. The maximum Gasteiger partial charge on any atom is 0.228 e. The normalized spacial score (nSPS) is 16.9. The number of benzene rings is 1. The lowest BCUT2D eigenvalue weighted by Gasteiger charge is -2.35. The van der Waals surface area contributed by atoms with Gasteiger partial charge >= 0.3 is 0 Å². The van der Waals surface area contributed by atoms with Crippen molar-refractivity contribution in [2.75, 3.05) is 44.7 Å². The fourth-order valence-electron chi connectivity index (χ4n) is 2.76. The molecule has 1 aromatic carbocycles. The molecule has 0 amide bonds. The average Bonchev–Trinajstić information content (AvgIpc) is 2.63. The summed E-state index contributed by atoms with van der Waals surface area (Å²) in [5, 5.41) is 10.3. The van der Waals surface area contributed by atoms with Crippen LogP contribution in [0.15, 0.2) is 36.5 Å². The Bertz CT molecular complexity index is 660. The number of halogens is 1. The highest BCUT2D eigenvalue weighted by Gasteiger charge is 2.21. The molecular formula is C17H21FN4O2. The van der Waals surface area contributed by atoms with E-state index in [1.54, 1.807) is 31.5 Å². The van der Waals surface area contributed by atoms with Gasteiger partial charge in [-0.1, -0.05) is 12.1 Å². The molecule has 1 aliphatic heterocycles. The van der Waals surface area contributed by atoms with Crippen LogP contribution in [0.5, 0.6) is 5.88 Å². The molecule has 0 saturated carbocycles. The Morgan fingerprint density at radius 2 is 1.88 bits per heavy atom. The molecule has 128 valence electrons. The third-order valence-electron chi connectivity index (χ3n) is 4.17. The molecule has 0 bridgehead atoms. The Morgan fingerprint density at radius 3 is 2.54 bits per heavy atom. The van der Waals surface area contributed by atoms with Gasteiger partial charge in [-0.05, 0) is 17.7 Å². The van der Waals surface area contributed by atoms with Crippen molar-refractivity contribution in [3.8, 4) is 5.88 Å². The van der Waals surface area contributed by atoms with Crippen molar-refractivity contribution in [3.05, 3.63) is 47.9 Å². The second-order valence-electron chi connectivity index (χ2n) is 5.75. The highest BCUT2D eigenvalue weighted by molar-refractivity contribution is 5.32. The Morgan fingerprint density at radius 1 is 1.17 bits per heavy atom. The van der Waals surface area contributed by atoms with Crippen molar-refractivity contribution in [2.45, 2.75) is 6.10 Å². The molecule has 3 rings (SSSR count). The SMILES string of the molecule is COc1ccnc(N2CCN(C[C@@H](O)c3ccc(F)cc3)CC2)n1. The van der Waals surface area contributed by atoms with Crippen LogP contribution in [0.25, 0.3) is 0 Å². The van der Waals surface area contributed by atoms with E-state index in [1.165, 1.54) is 12.1 Å². The Labute approximate surface area is 140 Å². The zero-order chi connectivity index (χ0) is 16.9. The number of β-amino-alcohol motifs (C(OH)–C–C–N with tert-alkyl or cyclic N) is 1. The van der Waals surface area contributed by atoms with Crippen molar-refractivity contribution in [2.24, 2.45) is 0 Å². The van der Waals surface area contributed by atoms with Crippen LogP contribution in [-0.4, -0.2) is 59.8 Å². The maximum absolute atomic E-state index is 12.9. The van der Waals surface area contributed by atoms with Gasteiger partial charge in [-0.3, -0.25) is 4.90 Å². The lowest BCUT2D eigenvalue weighted by atomic mass is 10.1. The van der Waals surface area contributed by atoms with Crippen LogP contribution in [0.4, 0.5) is 10.3 Å². The number of aliphatic hydroxyl groups excluding tert-OH is 1. The third-order valence-corrected chi connectivity index (χ3v) is 4.17. The molecule has 6 nitrogen and oxygen atoms in total. The number of piperazine rings is 1. The number of nitrogens with zero attached hydrogens (tertiary/aromatic N) is 4. The quantitative estimate of drug-likeness (QED) is 0.895. The van der Waals surface area contributed by atoms with E-state index in [4.69, 9.17) is 4.74 Å². The fourth-order valence-corrected chi connectivity index (χ4v) is 2.76. The molecule has 0 spiro atoms. The van der Waals surface area contributed by atoms with E-state index in [0.29, 0.717) is 18.4 Å². The number of ether oxygens (including phenoxy) is 1. The Balaban J connectivity index is 1.54. The highest BCUT2D eigenvalue weighted by atomic mass is 19.1. The summed E-state index contributed by atoms with van der Waals surface area (Å²) in [5.74, 6) is 0.917. The molecule has 0 unspecified atom stereocenters. The first-order chi connectivity index (χ1) is 11.7. The topological polar surface area (TPSA) is 61.7 Å². The molecule has 2 heterocycles. The first kappa shape index (κ1) is 16.6. The minimum Gasteiger partial charge on any atom is -0.481 e. The van der Waals surface area contributed by atoms with Crippen LogP contribution in [0.3, 0.4) is 0 Å². The third kappa shape index (κ3) is 3.98. The predicted molar refractivity (Wildman–Crippen MR) is 88.6 cm³/mol. The van der Waals surface area contributed by atoms with Gasteiger partial charge in [-0.25, -0.2) is 9.37 Å². The van der Waals surface area contributed by atoms with E-state index in [-0.39, 0.29) is 5.82 Å². The minimum atomic E-state index is -0.620. The summed E-state index contributed by atoms with van der Waals surface area (Å²) in [6.45, 7) is 3.70. The summed E-state index contributed by atoms with van der Waals surface area (Å²) in [6, 6.07) is 7.71. The van der Waals surface area contributed by atoms with Crippen molar-refractivity contribution >= 4 is 5.95 Å². The summed E-state index contributed by atoms with van der Waals surface area (Å²) in [5.41, 5.74) is 0.731. The van der Waals surface area contributed by atoms with E-state index in [0.717, 1.165) is 31.7 Å². The monoisotopic (exact) mass is 332 g/mol. The molecule has 1 atom stereocenters. The first-order valence-corrected chi connectivity index (χ1v) is 7.93. The summed E-state index contributed by atoms with van der Waals surface area (Å²) in [7, 11) is 1.58. The molecular weight excluding hydrogens is 311 g/mol. The second kappa shape index (κ2) is 7.55. The summed E-state index contributed by atoms with van der Waals surface area (Å²) in [6.07, 6.45) is 1.07. The van der Waals surface area contributed by atoms with E-state index in [1.807, 2.05) is 0 Å². The Kier molecular flexibility index (Phi) is 5.22. The highest BCUT2D eigenvalue weighted by Crippen LogP contribution is 2.18. The van der Waals surface area contributed by atoms with Crippen LogP contribution in [-0.2, 0) is 0 Å². The minimum absolute atomic E-state index is 0.294. The van der Waals surface area contributed by atoms with Gasteiger partial charge in [0.05, 0.1) is 13.2 Å². The molecule has 2 aromatic rings. The van der Waals surface area contributed by atoms with Crippen LogP contribution in [0.2, 0.25) is 0 Å². The van der Waals surface area contributed by atoms with Crippen molar-refractivity contribution < 1.29 is 14.2 Å². The average molecular weight is 332 g/mol. The standard InChI is InChI=1S/C17H21FN4O2/c1-24-16-6-7-19-17(20-16)22-10-8-21(9-11-22)12-15(23)13-2-4-14(18)5-3-13/h2-7,15,23H,8-12H2,1H3/t15-/m1/s1. The van der Waals surface area contributed by atoms with Gasteiger partial charge in [-0.15, -0.1) is 0 Å². The number of methoxy groups -OCH3 is 1. The number of hydrogen-bond acceptors (Lipinski definition) is 6. The van der Waals surface area contributed by atoms with Crippen molar-refractivity contribution in [3.63, 3.8) is 0 Å². The van der Waals surface area contributed by atoms with Crippen molar-refractivity contribution in [1.29, 1.82) is 0 Å². The molecule has 7 heteroatoms. The summed E-state index contributed by atoms with van der Waals surface area (Å²) in [4.78, 5) is 12.9. The van der Waals surface area contributed by atoms with Crippen LogP contribution in [0.1, 0.15) is 11.7 Å². The van der Waals surface area contributed by atoms with Gasteiger partial charge in [0.25, 0.3) is 0 Å². The van der Waals surface area contributed by atoms with Gasteiger partial charge in [0, 0.05) is 45.0 Å². The molecule has 0 aliphatic carbocycles. The van der Waals surface area contributed by atoms with Gasteiger partial charge < -0.3 is 14.7 Å². The summed E-state index contributed by atoms with van der Waals surface area (Å²) < 4.78 is 18.1. The molecule has 1 N–H and O–H groups in total. The molecule has 1 aromatic heterocycles. The first-order valence-electron chi connectivity index (χ1n) is 7.93. The largest absolute Gasteiger partial charge is 0.481 e. The van der Waals surface area contributed by atoms with Gasteiger partial charge in [0.1, 0.15) is 5.82 Å². The predicted octanol–water partition coefficient (Wildman–Crippen LogP) is 1.48. The van der Waals surface area contributed by atoms with Crippen LogP contribution >= 0.6 is 0 Å². The number of aromatic nitrogens is 2. The van der Waals surface area contributed by atoms with Crippen LogP contribution < -0.4 is 9.64 Å². The smallest absolute Gasteiger partial charge is 0.228 e. The fraction of sp³-hybridized carbons (Fsp3) is 0.412. The van der Waals surface area contributed by atoms with E-state index in [2.05, 4.69) is 19.8 Å². The lowest BCUT2D eigenvalue weighted by molar-refractivity contribution is 0.109. The summed E-state index contributed by atoms with van der Waals surface area (Å²) >= 11 is 0. The lowest BCUT2D eigenvalue weighted by Crippen LogP contribution is -2.48.